The first kappa shape index (κ1) is 31.5. The van der Waals surface area contributed by atoms with Crippen molar-refractivity contribution in [1.82, 2.24) is 25.8 Å². The van der Waals surface area contributed by atoms with Crippen LogP contribution in [0.25, 0.3) is 0 Å². The molecule has 1 fully saturated rings. The summed E-state index contributed by atoms with van der Waals surface area (Å²) in [6.45, 7) is 5.57. The van der Waals surface area contributed by atoms with Gasteiger partial charge in [-0.05, 0) is 42.0 Å². The maximum Gasteiger partial charge on any atom is 0.255 e. The van der Waals surface area contributed by atoms with Crippen LogP contribution in [-0.4, -0.2) is 78.2 Å². The third-order valence-corrected chi connectivity index (χ3v) is 7.73. The normalized spacial score (nSPS) is 20.5. The van der Waals surface area contributed by atoms with Gasteiger partial charge < -0.3 is 30.5 Å². The molecule has 0 radical (unpaired) electrons. The van der Waals surface area contributed by atoms with Crippen molar-refractivity contribution in [2.75, 3.05) is 26.7 Å². The highest BCUT2D eigenvalue weighted by molar-refractivity contribution is 5.99. The minimum atomic E-state index is -1.02. The highest BCUT2D eigenvalue weighted by atomic mass is 16.5. The Labute approximate surface area is 252 Å². The van der Waals surface area contributed by atoms with Crippen molar-refractivity contribution < 1.29 is 28.7 Å². The third kappa shape index (κ3) is 8.56. The Morgan fingerprint density at radius 1 is 1.00 bits per heavy atom. The van der Waals surface area contributed by atoms with Crippen LogP contribution in [0.1, 0.15) is 61.0 Å². The molecule has 2 atom stereocenters. The quantitative estimate of drug-likeness (QED) is 0.470. The smallest absolute Gasteiger partial charge is 0.255 e. The molecule has 43 heavy (non-hydrogen) atoms. The van der Waals surface area contributed by atoms with Gasteiger partial charge in [-0.15, -0.1) is 0 Å². The number of likely N-dealkylation sites (N-methyl/N-ethyl adjacent to an activating group) is 1. The standard InChI is InChI=1S/C32H41N5O6/c1-21(2)29-32(42)36(3)16-17-43-26-11-5-4-10-24(26)30(40)34-25(13-14-27(38)35-29)31(41)33-19-22-8-6-9-23(18-22)20-37-15-7-12-28(37)39/h4-6,8-11,18,21,25,29H,7,12-17,19-20H2,1-3H3,(H,33,41)(H,34,40)(H,35,38)/t25-,29-/m0/s1. The van der Waals surface area contributed by atoms with Gasteiger partial charge >= 0.3 is 0 Å². The van der Waals surface area contributed by atoms with E-state index in [1.165, 1.54) is 4.90 Å². The molecule has 0 bridgehead atoms. The largest absolute Gasteiger partial charge is 0.491 e. The number of benzene rings is 2. The molecule has 4 rings (SSSR count). The predicted octanol–water partition coefficient (Wildman–Crippen LogP) is 2.00. The number of rotatable bonds is 6. The summed E-state index contributed by atoms with van der Waals surface area (Å²) in [5.74, 6) is -1.26. The first-order valence-electron chi connectivity index (χ1n) is 14.8. The number of fused-ring (bicyclic) bond motifs is 1. The first-order valence-corrected chi connectivity index (χ1v) is 14.8. The van der Waals surface area contributed by atoms with E-state index in [-0.39, 0.29) is 61.7 Å². The summed E-state index contributed by atoms with van der Waals surface area (Å²) in [4.78, 5) is 68.1. The van der Waals surface area contributed by atoms with Crippen molar-refractivity contribution in [3.05, 3.63) is 65.2 Å². The van der Waals surface area contributed by atoms with E-state index in [1.807, 2.05) is 43.0 Å². The predicted molar refractivity (Wildman–Crippen MR) is 160 cm³/mol. The Hall–Kier alpha value is -4.41. The van der Waals surface area contributed by atoms with Crippen LogP contribution < -0.4 is 20.7 Å². The molecular formula is C32H41N5O6. The lowest BCUT2D eigenvalue weighted by Crippen LogP contribution is -2.51. The summed E-state index contributed by atoms with van der Waals surface area (Å²) in [5, 5.41) is 8.47. The fourth-order valence-corrected chi connectivity index (χ4v) is 5.20. The van der Waals surface area contributed by atoms with Crippen LogP contribution in [0.3, 0.4) is 0 Å². The molecule has 11 heteroatoms. The van der Waals surface area contributed by atoms with Crippen LogP contribution in [0.15, 0.2) is 48.5 Å². The fraction of sp³-hybridized carbons (Fsp3) is 0.469. The average molecular weight is 592 g/mol. The maximum absolute atomic E-state index is 13.4. The number of ether oxygens (including phenoxy) is 1. The number of amides is 5. The molecular weight excluding hydrogens is 550 g/mol. The third-order valence-electron chi connectivity index (χ3n) is 7.73. The van der Waals surface area contributed by atoms with E-state index in [4.69, 9.17) is 4.74 Å². The molecule has 230 valence electrons. The molecule has 0 spiro atoms. The second-order valence-electron chi connectivity index (χ2n) is 11.4. The summed E-state index contributed by atoms with van der Waals surface area (Å²) < 4.78 is 5.87. The highest BCUT2D eigenvalue weighted by Gasteiger charge is 2.29. The van der Waals surface area contributed by atoms with Crippen molar-refractivity contribution in [3.63, 3.8) is 0 Å². The van der Waals surface area contributed by atoms with Gasteiger partial charge in [0.25, 0.3) is 5.91 Å². The fourth-order valence-electron chi connectivity index (χ4n) is 5.20. The van der Waals surface area contributed by atoms with Crippen LogP contribution in [-0.2, 0) is 32.3 Å². The Balaban J connectivity index is 1.49. The molecule has 0 unspecified atom stereocenters. The van der Waals surface area contributed by atoms with Gasteiger partial charge in [-0.2, -0.15) is 0 Å². The molecule has 3 N–H and O–H groups in total. The number of nitrogens with zero attached hydrogens (tertiary/aromatic N) is 2. The first-order chi connectivity index (χ1) is 20.6. The highest BCUT2D eigenvalue weighted by Crippen LogP contribution is 2.19. The molecule has 2 heterocycles. The number of hydrogen-bond acceptors (Lipinski definition) is 6. The van der Waals surface area contributed by atoms with Crippen molar-refractivity contribution in [1.29, 1.82) is 0 Å². The summed E-state index contributed by atoms with van der Waals surface area (Å²) in [7, 11) is 1.64. The summed E-state index contributed by atoms with van der Waals surface area (Å²) in [5.41, 5.74) is 2.06. The van der Waals surface area contributed by atoms with Gasteiger partial charge in [0.1, 0.15) is 24.4 Å². The van der Waals surface area contributed by atoms with Crippen LogP contribution >= 0.6 is 0 Å². The van der Waals surface area contributed by atoms with Gasteiger partial charge in [-0.25, -0.2) is 0 Å². The molecule has 1 saturated heterocycles. The van der Waals surface area contributed by atoms with Gasteiger partial charge in [0.2, 0.25) is 23.6 Å². The average Bonchev–Trinajstić information content (AvgIpc) is 3.39. The molecule has 0 aliphatic carbocycles. The number of hydrogen-bond donors (Lipinski definition) is 3. The van der Waals surface area contributed by atoms with Gasteiger partial charge in [0.05, 0.1) is 12.1 Å². The summed E-state index contributed by atoms with van der Waals surface area (Å²) in [6.07, 6.45) is 1.39. The number of carbonyl (C=O) groups excluding carboxylic acids is 5. The lowest BCUT2D eigenvalue weighted by molar-refractivity contribution is -0.137. The SMILES string of the molecule is CC(C)[C@@H]1NC(=O)CC[C@@H](C(=O)NCc2cccc(CN3CCCC3=O)c2)NC(=O)c2ccccc2OCCN(C)C1=O. The summed E-state index contributed by atoms with van der Waals surface area (Å²) in [6, 6.07) is 12.6. The molecule has 0 saturated carbocycles. The second-order valence-corrected chi connectivity index (χ2v) is 11.4. The molecule has 5 amide bonds. The van der Waals surface area contributed by atoms with Crippen molar-refractivity contribution >= 4 is 29.5 Å². The Morgan fingerprint density at radius 3 is 2.51 bits per heavy atom. The minimum Gasteiger partial charge on any atom is -0.491 e. The molecule has 2 aliphatic heterocycles. The topological polar surface area (TPSA) is 137 Å². The van der Waals surface area contributed by atoms with E-state index >= 15 is 0 Å². The molecule has 2 aliphatic rings. The number of para-hydroxylation sites is 1. The lowest BCUT2D eigenvalue weighted by atomic mass is 10.0. The minimum absolute atomic E-state index is 0.0262. The van der Waals surface area contributed by atoms with Crippen molar-refractivity contribution in [2.45, 2.75) is 64.7 Å². The number of likely N-dealkylation sites (tertiary alicyclic amines) is 1. The van der Waals surface area contributed by atoms with Gasteiger partial charge in [0, 0.05) is 39.5 Å². The van der Waals surface area contributed by atoms with Gasteiger partial charge in [-0.1, -0.05) is 50.2 Å². The molecule has 0 aromatic heterocycles. The molecule has 11 nitrogen and oxygen atoms in total. The summed E-state index contributed by atoms with van der Waals surface area (Å²) >= 11 is 0. The zero-order valence-corrected chi connectivity index (χ0v) is 25.1. The zero-order chi connectivity index (χ0) is 30.9. The Morgan fingerprint density at radius 2 is 1.77 bits per heavy atom. The van der Waals surface area contributed by atoms with E-state index in [1.54, 1.807) is 31.3 Å². The van der Waals surface area contributed by atoms with Gasteiger partial charge in [0.15, 0.2) is 0 Å². The van der Waals surface area contributed by atoms with E-state index < -0.39 is 23.9 Å². The van der Waals surface area contributed by atoms with Crippen LogP contribution in [0.2, 0.25) is 0 Å². The Bertz CT molecular complexity index is 1350. The monoisotopic (exact) mass is 591 g/mol. The van der Waals surface area contributed by atoms with E-state index in [9.17, 15) is 24.0 Å². The van der Waals surface area contributed by atoms with E-state index in [2.05, 4.69) is 16.0 Å². The van der Waals surface area contributed by atoms with Crippen LogP contribution in [0, 0.1) is 5.92 Å². The van der Waals surface area contributed by atoms with Crippen molar-refractivity contribution in [2.24, 2.45) is 5.92 Å². The lowest BCUT2D eigenvalue weighted by Gasteiger charge is -2.27. The van der Waals surface area contributed by atoms with Crippen LogP contribution in [0.5, 0.6) is 5.75 Å². The Kier molecular flexibility index (Phi) is 10.7. The number of carbonyl (C=O) groups is 5. The zero-order valence-electron chi connectivity index (χ0n) is 25.1. The second kappa shape index (κ2) is 14.7. The van der Waals surface area contributed by atoms with Crippen molar-refractivity contribution in [3.8, 4) is 5.75 Å². The van der Waals surface area contributed by atoms with Gasteiger partial charge in [-0.3, -0.25) is 24.0 Å². The number of nitrogens with one attached hydrogen (secondary N) is 3. The molecule has 2 aromatic carbocycles. The maximum atomic E-state index is 13.4. The van der Waals surface area contributed by atoms with E-state index in [0.717, 1.165) is 24.1 Å². The molecule has 2 aromatic rings. The van der Waals surface area contributed by atoms with Crippen LogP contribution in [0.4, 0.5) is 0 Å². The van der Waals surface area contributed by atoms with E-state index in [0.29, 0.717) is 18.7 Å².